The van der Waals surface area contributed by atoms with Crippen LogP contribution in [-0.4, -0.2) is 37.6 Å². The molecule has 0 fully saturated rings. The van der Waals surface area contributed by atoms with Crippen LogP contribution in [0.25, 0.3) is 0 Å². The predicted octanol–water partition coefficient (Wildman–Crippen LogP) is 1.96. The molecule has 0 spiro atoms. The molecule has 1 aliphatic rings. The molecule has 1 aliphatic heterocycles. The summed E-state index contributed by atoms with van der Waals surface area (Å²) in [4.78, 5) is 18.5. The molecular weight excluding hydrogens is 280 g/mol. The van der Waals surface area contributed by atoms with Gasteiger partial charge in [-0.2, -0.15) is 0 Å². The molecule has 114 valence electrons. The molecule has 6 nitrogen and oxygen atoms in total. The van der Waals surface area contributed by atoms with E-state index >= 15 is 0 Å². The number of nitrogens with zero attached hydrogens (tertiary/aromatic N) is 2. The number of aromatic nitrogens is 1. The van der Waals surface area contributed by atoms with Crippen LogP contribution < -0.4 is 20.3 Å². The zero-order chi connectivity index (χ0) is 15.4. The number of pyridine rings is 1. The van der Waals surface area contributed by atoms with Crippen molar-refractivity contribution in [1.82, 2.24) is 4.98 Å². The maximum atomic E-state index is 12.2. The molecular formula is C16H18N4O2. The first kappa shape index (κ1) is 14.2. The summed E-state index contributed by atoms with van der Waals surface area (Å²) < 4.78 is 5.59. The second-order valence-corrected chi connectivity index (χ2v) is 4.94. The predicted molar refractivity (Wildman–Crippen MR) is 86.6 cm³/mol. The van der Waals surface area contributed by atoms with Crippen LogP contribution in [0.4, 0.5) is 17.3 Å². The van der Waals surface area contributed by atoms with Crippen molar-refractivity contribution in [2.45, 2.75) is 0 Å². The molecule has 1 aromatic carbocycles. The molecule has 0 aliphatic carbocycles. The number of amides is 1. The largest absolute Gasteiger partial charge is 0.490 e. The average Bonchev–Trinajstić information content (AvgIpc) is 2.55. The van der Waals surface area contributed by atoms with Crippen LogP contribution in [0.15, 0.2) is 42.5 Å². The van der Waals surface area contributed by atoms with E-state index in [-0.39, 0.29) is 12.5 Å². The summed E-state index contributed by atoms with van der Waals surface area (Å²) >= 11 is 0. The summed E-state index contributed by atoms with van der Waals surface area (Å²) in [6.07, 6.45) is 0. The molecule has 0 atom stereocenters. The van der Waals surface area contributed by atoms with E-state index in [1.54, 1.807) is 13.1 Å². The first-order chi connectivity index (χ1) is 10.8. The monoisotopic (exact) mass is 298 g/mol. The molecule has 0 bridgehead atoms. The number of para-hydroxylation sites is 2. The van der Waals surface area contributed by atoms with Gasteiger partial charge in [-0.05, 0) is 24.3 Å². The highest BCUT2D eigenvalue weighted by Crippen LogP contribution is 2.30. The summed E-state index contributed by atoms with van der Waals surface area (Å²) in [7, 11) is 1.79. The van der Waals surface area contributed by atoms with Crippen LogP contribution >= 0.6 is 0 Å². The number of ether oxygens (including phenoxy) is 1. The Balaban J connectivity index is 1.67. The number of benzene rings is 1. The first-order valence-corrected chi connectivity index (χ1v) is 7.18. The van der Waals surface area contributed by atoms with Crippen molar-refractivity contribution in [3.8, 4) is 5.75 Å². The second kappa shape index (κ2) is 6.34. The van der Waals surface area contributed by atoms with Crippen molar-refractivity contribution in [2.75, 3.05) is 42.3 Å². The van der Waals surface area contributed by atoms with E-state index < -0.39 is 0 Å². The van der Waals surface area contributed by atoms with E-state index in [2.05, 4.69) is 15.6 Å². The van der Waals surface area contributed by atoms with Crippen LogP contribution in [0, 0.1) is 0 Å². The smallest absolute Gasteiger partial charge is 0.245 e. The van der Waals surface area contributed by atoms with Crippen molar-refractivity contribution < 1.29 is 9.53 Å². The van der Waals surface area contributed by atoms with Gasteiger partial charge in [0, 0.05) is 7.05 Å². The third-order valence-corrected chi connectivity index (χ3v) is 3.43. The van der Waals surface area contributed by atoms with Gasteiger partial charge in [-0.1, -0.05) is 18.2 Å². The van der Waals surface area contributed by atoms with Crippen molar-refractivity contribution >= 4 is 23.2 Å². The van der Waals surface area contributed by atoms with Gasteiger partial charge in [-0.25, -0.2) is 4.98 Å². The van der Waals surface area contributed by atoms with Gasteiger partial charge in [0.25, 0.3) is 0 Å². The summed E-state index contributed by atoms with van der Waals surface area (Å²) in [5, 5.41) is 5.77. The highest BCUT2D eigenvalue weighted by molar-refractivity contribution is 5.93. The van der Waals surface area contributed by atoms with Crippen LogP contribution in [-0.2, 0) is 4.79 Å². The lowest BCUT2D eigenvalue weighted by atomic mass is 10.2. The molecule has 0 unspecified atom stereocenters. The number of anilines is 3. The maximum absolute atomic E-state index is 12.2. The van der Waals surface area contributed by atoms with E-state index in [1.165, 1.54) is 0 Å². The Labute approximate surface area is 129 Å². The van der Waals surface area contributed by atoms with Gasteiger partial charge in [0.15, 0.2) is 0 Å². The van der Waals surface area contributed by atoms with Crippen LogP contribution in [0.2, 0.25) is 0 Å². The number of fused-ring (bicyclic) bond motifs is 1. The zero-order valence-corrected chi connectivity index (χ0v) is 12.4. The molecule has 3 rings (SSSR count). The molecule has 2 aromatic rings. The fraction of sp³-hybridized carbons (Fsp3) is 0.250. The van der Waals surface area contributed by atoms with Gasteiger partial charge in [0.2, 0.25) is 5.91 Å². The van der Waals surface area contributed by atoms with Crippen LogP contribution in [0.3, 0.4) is 0 Å². The number of rotatable bonds is 4. The fourth-order valence-electron chi connectivity index (χ4n) is 2.39. The Hall–Kier alpha value is -2.76. The van der Waals surface area contributed by atoms with E-state index in [0.717, 1.165) is 17.3 Å². The van der Waals surface area contributed by atoms with Crippen molar-refractivity contribution in [3.63, 3.8) is 0 Å². The lowest BCUT2D eigenvalue weighted by Crippen LogP contribution is -2.38. The number of hydrogen-bond donors (Lipinski definition) is 2. The van der Waals surface area contributed by atoms with Crippen molar-refractivity contribution in [2.24, 2.45) is 0 Å². The topological polar surface area (TPSA) is 66.5 Å². The minimum Gasteiger partial charge on any atom is -0.490 e. The number of nitrogens with one attached hydrogen (secondary N) is 2. The SMILES string of the molecule is CNc1cccc(NC(=O)CN2CCOc3ccccc32)n1. The summed E-state index contributed by atoms with van der Waals surface area (Å²) in [5.74, 6) is 1.97. The molecule has 22 heavy (non-hydrogen) atoms. The van der Waals surface area contributed by atoms with E-state index in [0.29, 0.717) is 19.0 Å². The highest BCUT2D eigenvalue weighted by atomic mass is 16.5. The third-order valence-electron chi connectivity index (χ3n) is 3.43. The third kappa shape index (κ3) is 3.11. The zero-order valence-electron chi connectivity index (χ0n) is 12.4. The highest BCUT2D eigenvalue weighted by Gasteiger charge is 2.19. The van der Waals surface area contributed by atoms with E-state index in [4.69, 9.17) is 4.74 Å². The lowest BCUT2D eigenvalue weighted by Gasteiger charge is -2.30. The van der Waals surface area contributed by atoms with Gasteiger partial charge in [0.05, 0.1) is 18.8 Å². The Morgan fingerprint density at radius 2 is 2.05 bits per heavy atom. The lowest BCUT2D eigenvalue weighted by molar-refractivity contribution is -0.115. The quantitative estimate of drug-likeness (QED) is 0.903. The summed E-state index contributed by atoms with van der Waals surface area (Å²) in [5.41, 5.74) is 0.945. The molecule has 0 saturated carbocycles. The van der Waals surface area contributed by atoms with Gasteiger partial charge < -0.3 is 20.3 Å². The number of hydrogen-bond acceptors (Lipinski definition) is 5. The Morgan fingerprint density at radius 3 is 2.91 bits per heavy atom. The minimum atomic E-state index is -0.0996. The van der Waals surface area contributed by atoms with Crippen LogP contribution in [0.5, 0.6) is 5.75 Å². The number of carbonyl (C=O) groups excluding carboxylic acids is 1. The minimum absolute atomic E-state index is 0.0996. The van der Waals surface area contributed by atoms with Gasteiger partial charge in [0.1, 0.15) is 24.0 Å². The molecule has 0 saturated heterocycles. The molecule has 6 heteroatoms. The van der Waals surface area contributed by atoms with Gasteiger partial charge >= 0.3 is 0 Å². The standard InChI is InChI=1S/C16H18N4O2/c1-17-14-7-4-8-15(18-14)19-16(21)11-20-9-10-22-13-6-3-2-5-12(13)20/h2-8H,9-11H2,1H3,(H2,17,18,19,21). The summed E-state index contributed by atoms with van der Waals surface area (Å²) in [6, 6.07) is 13.2. The van der Waals surface area contributed by atoms with Crippen molar-refractivity contribution in [1.29, 1.82) is 0 Å². The normalized spacial score (nSPS) is 13.0. The second-order valence-electron chi connectivity index (χ2n) is 4.94. The van der Waals surface area contributed by atoms with Crippen LogP contribution in [0.1, 0.15) is 0 Å². The Morgan fingerprint density at radius 1 is 1.23 bits per heavy atom. The summed E-state index contributed by atoms with van der Waals surface area (Å²) in [6.45, 7) is 1.54. The molecule has 0 radical (unpaired) electrons. The van der Waals surface area contributed by atoms with Crippen molar-refractivity contribution in [3.05, 3.63) is 42.5 Å². The Bertz CT molecular complexity index is 675. The molecule has 2 N–H and O–H groups in total. The molecule has 1 aromatic heterocycles. The molecule has 1 amide bonds. The average molecular weight is 298 g/mol. The maximum Gasteiger partial charge on any atom is 0.245 e. The molecule has 2 heterocycles. The van der Waals surface area contributed by atoms with Gasteiger partial charge in [-0.3, -0.25) is 4.79 Å². The number of carbonyl (C=O) groups is 1. The van der Waals surface area contributed by atoms with E-state index in [9.17, 15) is 4.79 Å². The Kier molecular flexibility index (Phi) is 4.09. The fourth-order valence-corrected chi connectivity index (χ4v) is 2.39. The van der Waals surface area contributed by atoms with Gasteiger partial charge in [-0.15, -0.1) is 0 Å². The van der Waals surface area contributed by atoms with E-state index in [1.807, 2.05) is 41.3 Å². The first-order valence-electron chi connectivity index (χ1n) is 7.18.